The van der Waals surface area contributed by atoms with E-state index >= 15 is 0 Å². The zero-order valence-electron chi connectivity index (χ0n) is 14.7. The van der Waals surface area contributed by atoms with Gasteiger partial charge in [0.15, 0.2) is 11.5 Å². The number of anilines is 1. The highest BCUT2D eigenvalue weighted by molar-refractivity contribution is 6.24. The first kappa shape index (κ1) is 17.1. The van der Waals surface area contributed by atoms with E-state index in [1.165, 1.54) is 0 Å². The lowest BCUT2D eigenvalue weighted by Crippen LogP contribution is -2.18. The highest BCUT2D eigenvalue weighted by Crippen LogP contribution is 2.45. The molecule has 0 saturated carbocycles. The van der Waals surface area contributed by atoms with Gasteiger partial charge in [-0.25, -0.2) is 0 Å². The molecule has 0 radical (unpaired) electrons. The summed E-state index contributed by atoms with van der Waals surface area (Å²) in [5.41, 5.74) is 4.83. The van der Waals surface area contributed by atoms with Crippen molar-refractivity contribution < 1.29 is 18.9 Å². The standard InChI is InChI=1S/C20H20ClNO4/c1-3-24-10-15-19(21)14-6-5-13(23-2)9-16(14)22-20(15)12-4-7-17-18(8-12)26-11-25-17/h4-9,19,22H,3,10-11H2,1-2H3. The van der Waals surface area contributed by atoms with Crippen LogP contribution in [-0.2, 0) is 4.74 Å². The number of benzene rings is 2. The van der Waals surface area contributed by atoms with Crippen molar-refractivity contribution in [1.82, 2.24) is 0 Å². The fourth-order valence-corrected chi connectivity index (χ4v) is 3.55. The Balaban J connectivity index is 1.79. The van der Waals surface area contributed by atoms with Gasteiger partial charge in [-0.15, -0.1) is 11.6 Å². The Morgan fingerprint density at radius 3 is 2.81 bits per heavy atom. The number of ether oxygens (including phenoxy) is 4. The Hall–Kier alpha value is -2.37. The Morgan fingerprint density at radius 2 is 2.00 bits per heavy atom. The van der Waals surface area contributed by atoms with Crippen LogP contribution in [0.1, 0.15) is 23.4 Å². The summed E-state index contributed by atoms with van der Waals surface area (Å²) >= 11 is 6.83. The third kappa shape index (κ3) is 2.97. The van der Waals surface area contributed by atoms with Crippen molar-refractivity contribution in [3.05, 3.63) is 53.1 Å². The van der Waals surface area contributed by atoms with Crippen LogP contribution in [0.3, 0.4) is 0 Å². The van der Waals surface area contributed by atoms with Crippen LogP contribution in [0.15, 0.2) is 42.0 Å². The van der Waals surface area contributed by atoms with Crippen LogP contribution in [0, 0.1) is 0 Å². The lowest BCUT2D eigenvalue weighted by Gasteiger charge is -2.29. The monoisotopic (exact) mass is 373 g/mol. The fourth-order valence-electron chi connectivity index (χ4n) is 3.19. The van der Waals surface area contributed by atoms with E-state index in [9.17, 15) is 0 Å². The first-order valence-corrected chi connectivity index (χ1v) is 8.94. The van der Waals surface area contributed by atoms with Crippen LogP contribution in [0.4, 0.5) is 5.69 Å². The summed E-state index contributed by atoms with van der Waals surface area (Å²) in [7, 11) is 1.65. The highest BCUT2D eigenvalue weighted by Gasteiger charge is 2.28. The van der Waals surface area contributed by atoms with Crippen molar-refractivity contribution in [1.29, 1.82) is 0 Å². The highest BCUT2D eigenvalue weighted by atomic mass is 35.5. The van der Waals surface area contributed by atoms with E-state index in [1.807, 2.05) is 43.3 Å². The number of methoxy groups -OCH3 is 1. The lowest BCUT2D eigenvalue weighted by molar-refractivity contribution is 0.169. The Morgan fingerprint density at radius 1 is 1.15 bits per heavy atom. The van der Waals surface area contributed by atoms with Crippen LogP contribution < -0.4 is 19.5 Å². The molecule has 0 amide bonds. The first-order chi connectivity index (χ1) is 12.7. The van der Waals surface area contributed by atoms with Crippen molar-refractivity contribution in [2.45, 2.75) is 12.3 Å². The van der Waals surface area contributed by atoms with Gasteiger partial charge in [0.2, 0.25) is 6.79 Å². The van der Waals surface area contributed by atoms with E-state index in [-0.39, 0.29) is 12.2 Å². The predicted octanol–water partition coefficient (Wildman–Crippen LogP) is 4.58. The molecule has 0 saturated heterocycles. The van der Waals surface area contributed by atoms with Gasteiger partial charge in [0.05, 0.1) is 19.1 Å². The number of rotatable bonds is 5. The quantitative estimate of drug-likeness (QED) is 0.777. The SMILES string of the molecule is CCOCC1=C(c2ccc3c(c2)OCO3)Nc2cc(OC)ccc2C1Cl. The molecule has 0 bridgehead atoms. The maximum Gasteiger partial charge on any atom is 0.231 e. The predicted molar refractivity (Wildman–Crippen MR) is 101 cm³/mol. The molecule has 1 N–H and O–H groups in total. The molecule has 2 aromatic carbocycles. The number of nitrogens with one attached hydrogen (secondary N) is 1. The summed E-state index contributed by atoms with van der Waals surface area (Å²) in [6.45, 7) is 3.29. The Kier molecular flexibility index (Phi) is 4.66. The molecule has 2 aliphatic rings. The van der Waals surface area contributed by atoms with E-state index in [0.717, 1.165) is 45.3 Å². The molecule has 136 valence electrons. The molecule has 2 heterocycles. The molecule has 0 spiro atoms. The number of alkyl halides is 1. The largest absolute Gasteiger partial charge is 0.497 e. The molecule has 6 heteroatoms. The van der Waals surface area contributed by atoms with E-state index < -0.39 is 0 Å². The lowest BCUT2D eigenvalue weighted by atomic mass is 9.93. The Bertz CT molecular complexity index is 865. The van der Waals surface area contributed by atoms with Crippen molar-refractivity contribution in [2.24, 2.45) is 0 Å². The molecule has 1 atom stereocenters. The topological polar surface area (TPSA) is 49.0 Å². The van der Waals surface area contributed by atoms with Gasteiger partial charge in [-0.2, -0.15) is 0 Å². The number of fused-ring (bicyclic) bond motifs is 2. The van der Waals surface area contributed by atoms with Gasteiger partial charge >= 0.3 is 0 Å². The maximum absolute atomic E-state index is 6.83. The maximum atomic E-state index is 6.83. The minimum atomic E-state index is -0.288. The molecule has 0 fully saturated rings. The van der Waals surface area contributed by atoms with Gasteiger partial charge in [0.1, 0.15) is 5.75 Å². The zero-order valence-corrected chi connectivity index (χ0v) is 15.4. The van der Waals surface area contributed by atoms with Gasteiger partial charge < -0.3 is 24.3 Å². The Labute approximate surface area is 157 Å². The summed E-state index contributed by atoms with van der Waals surface area (Å²) in [6.07, 6.45) is 0. The van der Waals surface area contributed by atoms with Gasteiger partial charge in [0, 0.05) is 35.2 Å². The molecular formula is C20H20ClNO4. The molecule has 4 rings (SSSR count). The minimum Gasteiger partial charge on any atom is -0.497 e. The van der Waals surface area contributed by atoms with E-state index in [2.05, 4.69) is 5.32 Å². The van der Waals surface area contributed by atoms with Gasteiger partial charge in [0.25, 0.3) is 0 Å². The summed E-state index contributed by atoms with van der Waals surface area (Å²) < 4.78 is 22.0. The van der Waals surface area contributed by atoms with Crippen molar-refractivity contribution >= 4 is 23.0 Å². The van der Waals surface area contributed by atoms with Crippen LogP contribution in [0.5, 0.6) is 17.2 Å². The molecule has 0 aromatic heterocycles. The second kappa shape index (κ2) is 7.09. The van der Waals surface area contributed by atoms with Gasteiger partial charge in [-0.3, -0.25) is 0 Å². The molecule has 26 heavy (non-hydrogen) atoms. The second-order valence-electron chi connectivity index (χ2n) is 6.05. The van der Waals surface area contributed by atoms with Crippen LogP contribution in [0.2, 0.25) is 0 Å². The van der Waals surface area contributed by atoms with Gasteiger partial charge in [-0.1, -0.05) is 6.07 Å². The average molecular weight is 374 g/mol. The molecule has 2 aliphatic heterocycles. The summed E-state index contributed by atoms with van der Waals surface area (Å²) in [4.78, 5) is 0. The molecule has 1 unspecified atom stereocenters. The molecule has 2 aromatic rings. The summed E-state index contributed by atoms with van der Waals surface area (Å²) in [5, 5.41) is 3.22. The third-order valence-electron chi connectivity index (χ3n) is 4.54. The number of halogens is 1. The smallest absolute Gasteiger partial charge is 0.231 e. The van der Waals surface area contributed by atoms with E-state index in [1.54, 1.807) is 7.11 Å². The first-order valence-electron chi connectivity index (χ1n) is 8.51. The van der Waals surface area contributed by atoms with Gasteiger partial charge in [-0.05, 0) is 36.8 Å². The number of hydrogen-bond donors (Lipinski definition) is 1. The fraction of sp³-hybridized carbons (Fsp3) is 0.300. The summed E-state index contributed by atoms with van der Waals surface area (Å²) in [5.74, 6) is 2.26. The van der Waals surface area contributed by atoms with Crippen molar-refractivity contribution in [2.75, 3.05) is 32.4 Å². The normalized spacial score (nSPS) is 17.7. The van der Waals surface area contributed by atoms with E-state index in [4.69, 9.17) is 30.5 Å². The third-order valence-corrected chi connectivity index (χ3v) is 5.04. The minimum absolute atomic E-state index is 0.245. The number of hydrogen-bond acceptors (Lipinski definition) is 5. The van der Waals surface area contributed by atoms with Crippen LogP contribution in [0.25, 0.3) is 5.70 Å². The molecule has 0 aliphatic carbocycles. The van der Waals surface area contributed by atoms with Crippen LogP contribution in [-0.4, -0.2) is 27.1 Å². The second-order valence-corrected chi connectivity index (χ2v) is 6.48. The van der Waals surface area contributed by atoms with Crippen molar-refractivity contribution in [3.63, 3.8) is 0 Å². The summed E-state index contributed by atoms with van der Waals surface area (Å²) in [6, 6.07) is 11.7. The van der Waals surface area contributed by atoms with Crippen molar-refractivity contribution in [3.8, 4) is 17.2 Å². The molecular weight excluding hydrogens is 354 g/mol. The molecule has 5 nitrogen and oxygen atoms in total. The zero-order chi connectivity index (χ0) is 18.1. The van der Waals surface area contributed by atoms with Crippen LogP contribution >= 0.6 is 11.6 Å². The van der Waals surface area contributed by atoms with E-state index in [0.29, 0.717) is 13.2 Å². The average Bonchev–Trinajstić information content (AvgIpc) is 3.14.